The molecule has 1 heterocycles. The third kappa shape index (κ3) is 4.44. The Hall–Kier alpha value is -1.56. The Balaban J connectivity index is 2.54. The molecule has 96 valence electrons. The molecule has 1 amide bonds. The smallest absolute Gasteiger partial charge is 0.408 e. The number of carbonyl (C=O) groups is 1. The predicted octanol–water partition coefficient (Wildman–Crippen LogP) is 1.75. The zero-order valence-electron chi connectivity index (χ0n) is 10.5. The number of amides is 1. The fourth-order valence-corrected chi connectivity index (χ4v) is 1.17. The van der Waals surface area contributed by atoms with Gasteiger partial charge in [-0.1, -0.05) is 5.16 Å². The SMILES string of the molecule is CC(NC(=O)OC(C)(C)C)c1cc(CO)on1. The van der Waals surface area contributed by atoms with E-state index in [0.29, 0.717) is 11.5 Å². The third-order valence-corrected chi connectivity index (χ3v) is 1.91. The normalized spacial score (nSPS) is 13.2. The lowest BCUT2D eigenvalue weighted by Gasteiger charge is -2.21. The van der Waals surface area contributed by atoms with E-state index in [2.05, 4.69) is 10.5 Å². The lowest BCUT2D eigenvalue weighted by atomic mass is 10.2. The van der Waals surface area contributed by atoms with Crippen LogP contribution in [0, 0.1) is 0 Å². The quantitative estimate of drug-likeness (QED) is 0.843. The Morgan fingerprint density at radius 1 is 1.65 bits per heavy atom. The van der Waals surface area contributed by atoms with Crippen LogP contribution in [0.2, 0.25) is 0 Å². The molecule has 1 atom stereocenters. The van der Waals surface area contributed by atoms with E-state index in [0.717, 1.165) is 0 Å². The van der Waals surface area contributed by atoms with E-state index in [-0.39, 0.29) is 12.6 Å². The summed E-state index contributed by atoms with van der Waals surface area (Å²) < 4.78 is 9.93. The van der Waals surface area contributed by atoms with E-state index in [1.807, 2.05) is 0 Å². The molecule has 17 heavy (non-hydrogen) atoms. The average Bonchev–Trinajstić information content (AvgIpc) is 2.62. The van der Waals surface area contributed by atoms with Crippen LogP contribution < -0.4 is 5.32 Å². The van der Waals surface area contributed by atoms with Crippen molar-refractivity contribution in [1.29, 1.82) is 0 Å². The van der Waals surface area contributed by atoms with Gasteiger partial charge in [-0.15, -0.1) is 0 Å². The summed E-state index contributed by atoms with van der Waals surface area (Å²) in [6, 6.07) is 1.25. The van der Waals surface area contributed by atoms with Crippen LogP contribution in [-0.4, -0.2) is 22.0 Å². The number of aliphatic hydroxyl groups is 1. The molecule has 6 nitrogen and oxygen atoms in total. The summed E-state index contributed by atoms with van der Waals surface area (Å²) in [5.74, 6) is 0.359. The highest BCUT2D eigenvalue weighted by molar-refractivity contribution is 5.68. The first-order valence-electron chi connectivity index (χ1n) is 5.37. The maximum Gasteiger partial charge on any atom is 0.408 e. The summed E-state index contributed by atoms with van der Waals surface area (Å²) in [7, 11) is 0. The first-order valence-corrected chi connectivity index (χ1v) is 5.37. The van der Waals surface area contributed by atoms with Gasteiger partial charge in [0.1, 0.15) is 17.9 Å². The molecule has 1 aromatic rings. The summed E-state index contributed by atoms with van der Waals surface area (Å²) in [6.07, 6.45) is -0.515. The topological polar surface area (TPSA) is 84.6 Å². The number of nitrogens with one attached hydrogen (secondary N) is 1. The number of ether oxygens (including phenoxy) is 1. The lowest BCUT2D eigenvalue weighted by Crippen LogP contribution is -2.34. The Labute approximate surface area is 99.9 Å². The van der Waals surface area contributed by atoms with Crippen LogP contribution >= 0.6 is 0 Å². The van der Waals surface area contributed by atoms with E-state index in [4.69, 9.17) is 14.4 Å². The number of aromatic nitrogens is 1. The molecule has 0 aromatic carbocycles. The number of carbonyl (C=O) groups excluding carboxylic acids is 1. The van der Waals surface area contributed by atoms with Crippen LogP contribution in [0.25, 0.3) is 0 Å². The highest BCUT2D eigenvalue weighted by Crippen LogP contribution is 2.14. The average molecular weight is 242 g/mol. The number of hydrogen-bond donors (Lipinski definition) is 2. The van der Waals surface area contributed by atoms with E-state index >= 15 is 0 Å². The number of hydrogen-bond acceptors (Lipinski definition) is 5. The first kappa shape index (κ1) is 13.5. The number of nitrogens with zero attached hydrogens (tertiary/aromatic N) is 1. The lowest BCUT2D eigenvalue weighted by molar-refractivity contribution is 0.0506. The summed E-state index contributed by atoms with van der Waals surface area (Å²) >= 11 is 0. The minimum Gasteiger partial charge on any atom is -0.444 e. The second-order valence-corrected chi connectivity index (χ2v) is 4.74. The maximum absolute atomic E-state index is 11.5. The zero-order chi connectivity index (χ0) is 13.1. The van der Waals surface area contributed by atoms with E-state index < -0.39 is 11.7 Å². The molecule has 1 aromatic heterocycles. The van der Waals surface area contributed by atoms with Gasteiger partial charge in [-0.25, -0.2) is 4.79 Å². The van der Waals surface area contributed by atoms with Crippen molar-refractivity contribution in [3.05, 3.63) is 17.5 Å². The highest BCUT2D eigenvalue weighted by Gasteiger charge is 2.19. The van der Waals surface area contributed by atoms with Gasteiger partial charge in [0.25, 0.3) is 0 Å². The minimum atomic E-state index is -0.538. The fraction of sp³-hybridized carbons (Fsp3) is 0.636. The van der Waals surface area contributed by atoms with Gasteiger partial charge in [0.2, 0.25) is 0 Å². The minimum absolute atomic E-state index is 0.216. The second kappa shape index (κ2) is 5.18. The van der Waals surface area contributed by atoms with Crippen LogP contribution in [-0.2, 0) is 11.3 Å². The molecule has 6 heteroatoms. The fourth-order valence-electron chi connectivity index (χ4n) is 1.17. The van der Waals surface area contributed by atoms with Crippen molar-refractivity contribution in [2.24, 2.45) is 0 Å². The van der Waals surface area contributed by atoms with Gasteiger partial charge in [0, 0.05) is 6.07 Å². The number of alkyl carbamates (subject to hydrolysis) is 1. The second-order valence-electron chi connectivity index (χ2n) is 4.74. The van der Waals surface area contributed by atoms with E-state index in [1.165, 1.54) is 0 Å². The van der Waals surface area contributed by atoms with Gasteiger partial charge in [0.15, 0.2) is 5.76 Å². The molecule has 0 fully saturated rings. The molecule has 0 aliphatic heterocycles. The van der Waals surface area contributed by atoms with Crippen molar-refractivity contribution in [3.63, 3.8) is 0 Å². The van der Waals surface area contributed by atoms with E-state index in [1.54, 1.807) is 33.8 Å². The Kier molecular flexibility index (Phi) is 4.11. The molecule has 0 spiro atoms. The summed E-state index contributed by atoms with van der Waals surface area (Å²) in [5.41, 5.74) is 0.00377. The Bertz CT molecular complexity index is 381. The molecule has 0 radical (unpaired) electrons. The molecule has 0 bridgehead atoms. The van der Waals surface area contributed by atoms with Crippen molar-refractivity contribution < 1.29 is 19.2 Å². The van der Waals surface area contributed by atoms with Crippen LogP contribution in [0.5, 0.6) is 0 Å². The molecule has 0 saturated carbocycles. The Morgan fingerprint density at radius 2 is 2.29 bits per heavy atom. The molecular formula is C11H18N2O4. The summed E-state index contributed by atoms with van der Waals surface area (Å²) in [4.78, 5) is 11.5. The van der Waals surface area contributed by atoms with Crippen LogP contribution in [0.4, 0.5) is 4.79 Å². The maximum atomic E-state index is 11.5. The van der Waals surface area contributed by atoms with Gasteiger partial charge in [0.05, 0.1) is 6.04 Å². The predicted molar refractivity (Wildman–Crippen MR) is 60.2 cm³/mol. The Morgan fingerprint density at radius 3 is 2.76 bits per heavy atom. The first-order chi connectivity index (χ1) is 7.81. The van der Waals surface area contributed by atoms with Crippen molar-refractivity contribution in [3.8, 4) is 0 Å². The van der Waals surface area contributed by atoms with Crippen molar-refractivity contribution in [2.75, 3.05) is 0 Å². The van der Waals surface area contributed by atoms with Crippen molar-refractivity contribution in [1.82, 2.24) is 10.5 Å². The number of rotatable bonds is 3. The monoisotopic (exact) mass is 242 g/mol. The van der Waals surface area contributed by atoms with Gasteiger partial charge in [-0.2, -0.15) is 0 Å². The highest BCUT2D eigenvalue weighted by atomic mass is 16.6. The van der Waals surface area contributed by atoms with Crippen molar-refractivity contribution >= 4 is 6.09 Å². The zero-order valence-corrected chi connectivity index (χ0v) is 10.5. The molecule has 2 N–H and O–H groups in total. The largest absolute Gasteiger partial charge is 0.444 e. The molecule has 0 aliphatic carbocycles. The van der Waals surface area contributed by atoms with Crippen LogP contribution in [0.3, 0.4) is 0 Å². The summed E-state index contributed by atoms with van der Waals surface area (Å²) in [5, 5.41) is 15.2. The summed E-state index contributed by atoms with van der Waals surface area (Å²) in [6.45, 7) is 6.90. The number of aliphatic hydroxyl groups excluding tert-OH is 1. The van der Waals surface area contributed by atoms with E-state index in [9.17, 15) is 4.79 Å². The van der Waals surface area contributed by atoms with Gasteiger partial charge < -0.3 is 19.7 Å². The molecule has 1 unspecified atom stereocenters. The third-order valence-electron chi connectivity index (χ3n) is 1.91. The van der Waals surface area contributed by atoms with Gasteiger partial charge in [-0.3, -0.25) is 0 Å². The van der Waals surface area contributed by atoms with Gasteiger partial charge in [-0.05, 0) is 27.7 Å². The van der Waals surface area contributed by atoms with Gasteiger partial charge >= 0.3 is 6.09 Å². The molecule has 0 saturated heterocycles. The van der Waals surface area contributed by atoms with Crippen LogP contribution in [0.1, 0.15) is 45.2 Å². The molecular weight excluding hydrogens is 224 g/mol. The van der Waals surface area contributed by atoms with Crippen molar-refractivity contribution in [2.45, 2.75) is 45.9 Å². The molecule has 0 aliphatic rings. The van der Waals surface area contributed by atoms with Crippen LogP contribution in [0.15, 0.2) is 10.6 Å². The standard InChI is InChI=1S/C11H18N2O4/c1-7(9-5-8(6-14)17-13-9)12-10(15)16-11(2,3)4/h5,7,14H,6H2,1-4H3,(H,12,15). The molecule has 1 rings (SSSR count).